The molecule has 2 aromatic rings. The minimum Gasteiger partial charge on any atom is -0.394 e. The number of nitrogens with zero attached hydrogens (tertiary/aromatic N) is 2. The molecule has 3 rings (SSSR count). The molecule has 2 heterocycles. The van der Waals surface area contributed by atoms with Gasteiger partial charge < -0.3 is 15.3 Å². The fourth-order valence-electron chi connectivity index (χ4n) is 3.04. The highest BCUT2D eigenvalue weighted by Gasteiger charge is 2.25. The number of carbonyl (C=O) groups is 1. The van der Waals surface area contributed by atoms with E-state index in [1.807, 2.05) is 30.3 Å². The third-order valence-corrected chi connectivity index (χ3v) is 4.27. The Bertz CT molecular complexity index is 654. The molecule has 5 nitrogen and oxygen atoms in total. The summed E-state index contributed by atoms with van der Waals surface area (Å²) < 4.78 is 0. The standard InChI is InChI=1S/C17H21N3O2/c21-12-14-5-3-4-10-20(14)17(22)19-11-13-8-9-18-16-7-2-1-6-15(13)16/h1-2,6-9,14,21H,3-5,10-12H2,(H,19,22)/t14-/m1/s1. The molecule has 0 radical (unpaired) electrons. The second-order valence-corrected chi connectivity index (χ2v) is 5.67. The van der Waals surface area contributed by atoms with Gasteiger partial charge >= 0.3 is 6.03 Å². The first-order chi connectivity index (χ1) is 10.8. The van der Waals surface area contributed by atoms with Crippen molar-refractivity contribution in [3.8, 4) is 0 Å². The zero-order chi connectivity index (χ0) is 15.4. The van der Waals surface area contributed by atoms with E-state index in [-0.39, 0.29) is 18.7 Å². The third-order valence-electron chi connectivity index (χ3n) is 4.27. The number of benzene rings is 1. The van der Waals surface area contributed by atoms with Gasteiger partial charge in [0.05, 0.1) is 18.2 Å². The summed E-state index contributed by atoms with van der Waals surface area (Å²) in [7, 11) is 0. The quantitative estimate of drug-likeness (QED) is 0.914. The van der Waals surface area contributed by atoms with Crippen molar-refractivity contribution in [1.29, 1.82) is 0 Å². The fraction of sp³-hybridized carbons (Fsp3) is 0.412. The number of piperidine rings is 1. The highest BCUT2D eigenvalue weighted by molar-refractivity contribution is 5.82. The Balaban J connectivity index is 1.69. The molecule has 0 saturated carbocycles. The van der Waals surface area contributed by atoms with Crippen LogP contribution in [-0.4, -0.2) is 40.2 Å². The molecule has 1 aliphatic heterocycles. The van der Waals surface area contributed by atoms with Crippen LogP contribution >= 0.6 is 0 Å². The molecule has 2 N–H and O–H groups in total. The average molecular weight is 299 g/mol. The molecule has 1 aliphatic rings. The Morgan fingerprint density at radius 1 is 1.32 bits per heavy atom. The lowest BCUT2D eigenvalue weighted by Crippen LogP contribution is -2.49. The van der Waals surface area contributed by atoms with Gasteiger partial charge in [0.1, 0.15) is 0 Å². The van der Waals surface area contributed by atoms with Crippen LogP contribution in [0.25, 0.3) is 10.9 Å². The summed E-state index contributed by atoms with van der Waals surface area (Å²) >= 11 is 0. The number of nitrogens with one attached hydrogen (secondary N) is 1. The normalized spacial score (nSPS) is 18.4. The number of fused-ring (bicyclic) bond motifs is 1. The van der Waals surface area contributed by atoms with Crippen LogP contribution in [0, 0.1) is 0 Å². The minimum atomic E-state index is -0.0976. The summed E-state index contributed by atoms with van der Waals surface area (Å²) in [6.07, 6.45) is 4.72. The van der Waals surface area contributed by atoms with Crippen LogP contribution in [0.3, 0.4) is 0 Å². The van der Waals surface area contributed by atoms with E-state index in [0.717, 1.165) is 35.7 Å². The molecule has 0 aliphatic carbocycles. The number of aromatic nitrogens is 1. The monoisotopic (exact) mass is 299 g/mol. The Labute approximate surface area is 130 Å². The Morgan fingerprint density at radius 3 is 3.05 bits per heavy atom. The second kappa shape index (κ2) is 6.75. The van der Waals surface area contributed by atoms with Gasteiger partial charge in [0.2, 0.25) is 0 Å². The molecular weight excluding hydrogens is 278 g/mol. The zero-order valence-corrected chi connectivity index (χ0v) is 12.5. The number of likely N-dealkylation sites (tertiary alicyclic amines) is 1. The molecule has 0 bridgehead atoms. The first kappa shape index (κ1) is 14.8. The summed E-state index contributed by atoms with van der Waals surface area (Å²) in [6, 6.07) is 9.69. The van der Waals surface area contributed by atoms with Gasteiger partial charge in [-0.2, -0.15) is 0 Å². The number of rotatable bonds is 3. The van der Waals surface area contributed by atoms with E-state index in [0.29, 0.717) is 13.1 Å². The van der Waals surface area contributed by atoms with Crippen molar-refractivity contribution in [1.82, 2.24) is 15.2 Å². The van der Waals surface area contributed by atoms with Crippen LogP contribution in [0.2, 0.25) is 0 Å². The average Bonchev–Trinajstić information content (AvgIpc) is 2.59. The van der Waals surface area contributed by atoms with Crippen molar-refractivity contribution >= 4 is 16.9 Å². The van der Waals surface area contributed by atoms with Crippen LogP contribution in [0.5, 0.6) is 0 Å². The molecule has 1 fully saturated rings. The van der Waals surface area contributed by atoms with Crippen molar-refractivity contribution in [2.45, 2.75) is 31.8 Å². The maximum Gasteiger partial charge on any atom is 0.317 e. The van der Waals surface area contributed by atoms with Gasteiger partial charge in [-0.25, -0.2) is 4.79 Å². The Hall–Kier alpha value is -2.14. The summed E-state index contributed by atoms with van der Waals surface area (Å²) in [4.78, 5) is 18.4. The lowest BCUT2D eigenvalue weighted by atomic mass is 10.0. The third kappa shape index (κ3) is 3.04. The molecule has 1 saturated heterocycles. The Kier molecular flexibility index (Phi) is 4.53. The van der Waals surface area contributed by atoms with Gasteiger partial charge in [0.15, 0.2) is 0 Å². The number of hydrogen-bond acceptors (Lipinski definition) is 3. The highest BCUT2D eigenvalue weighted by Crippen LogP contribution is 2.18. The summed E-state index contributed by atoms with van der Waals surface area (Å²) in [5.41, 5.74) is 1.98. The summed E-state index contributed by atoms with van der Waals surface area (Å²) in [5, 5.41) is 13.4. The Morgan fingerprint density at radius 2 is 2.18 bits per heavy atom. The largest absolute Gasteiger partial charge is 0.394 e. The maximum absolute atomic E-state index is 12.4. The van der Waals surface area contributed by atoms with Gasteiger partial charge in [-0.05, 0) is 37.0 Å². The number of aliphatic hydroxyl groups excluding tert-OH is 1. The summed E-state index contributed by atoms with van der Waals surface area (Å²) in [6.45, 7) is 1.22. The van der Waals surface area contributed by atoms with Crippen molar-refractivity contribution < 1.29 is 9.90 Å². The van der Waals surface area contributed by atoms with Crippen LogP contribution in [0.15, 0.2) is 36.5 Å². The first-order valence-corrected chi connectivity index (χ1v) is 7.77. The molecule has 1 aromatic heterocycles. The van der Waals surface area contributed by atoms with E-state index >= 15 is 0 Å². The van der Waals surface area contributed by atoms with Crippen LogP contribution in [0.4, 0.5) is 4.79 Å². The lowest BCUT2D eigenvalue weighted by molar-refractivity contribution is 0.108. The van der Waals surface area contributed by atoms with Crippen LogP contribution in [-0.2, 0) is 6.54 Å². The van der Waals surface area contributed by atoms with E-state index in [1.165, 1.54) is 0 Å². The fourth-order valence-corrected chi connectivity index (χ4v) is 3.04. The number of amides is 2. The molecule has 116 valence electrons. The highest BCUT2D eigenvalue weighted by atomic mass is 16.3. The van der Waals surface area contributed by atoms with Crippen molar-refractivity contribution in [3.63, 3.8) is 0 Å². The van der Waals surface area contributed by atoms with Crippen molar-refractivity contribution in [2.24, 2.45) is 0 Å². The van der Waals surface area contributed by atoms with E-state index in [4.69, 9.17) is 0 Å². The van der Waals surface area contributed by atoms with E-state index in [9.17, 15) is 9.90 Å². The number of para-hydroxylation sites is 1. The van der Waals surface area contributed by atoms with Gasteiger partial charge in [0, 0.05) is 24.7 Å². The second-order valence-electron chi connectivity index (χ2n) is 5.67. The molecule has 2 amide bonds. The molecular formula is C17H21N3O2. The number of urea groups is 1. The first-order valence-electron chi connectivity index (χ1n) is 7.77. The van der Waals surface area contributed by atoms with Crippen LogP contribution < -0.4 is 5.32 Å². The number of pyridine rings is 1. The van der Waals surface area contributed by atoms with Gasteiger partial charge in [-0.3, -0.25) is 4.98 Å². The van der Waals surface area contributed by atoms with E-state index in [1.54, 1.807) is 11.1 Å². The summed E-state index contributed by atoms with van der Waals surface area (Å²) in [5.74, 6) is 0. The molecule has 1 atom stereocenters. The molecule has 0 spiro atoms. The SMILES string of the molecule is O=C(NCc1ccnc2ccccc12)N1CCCC[C@@H]1CO. The van der Waals surface area contributed by atoms with Crippen molar-refractivity contribution in [3.05, 3.63) is 42.1 Å². The molecule has 1 aromatic carbocycles. The topological polar surface area (TPSA) is 65.5 Å². The van der Waals surface area contributed by atoms with E-state index < -0.39 is 0 Å². The predicted octanol–water partition coefficient (Wildman–Crippen LogP) is 2.29. The van der Waals surface area contributed by atoms with Crippen LogP contribution in [0.1, 0.15) is 24.8 Å². The van der Waals surface area contributed by atoms with Gasteiger partial charge in [-0.1, -0.05) is 18.2 Å². The maximum atomic E-state index is 12.4. The molecule has 5 heteroatoms. The lowest BCUT2D eigenvalue weighted by Gasteiger charge is -2.34. The number of aliphatic hydroxyl groups is 1. The zero-order valence-electron chi connectivity index (χ0n) is 12.5. The predicted molar refractivity (Wildman–Crippen MR) is 85.4 cm³/mol. The van der Waals surface area contributed by atoms with Gasteiger partial charge in [0.25, 0.3) is 0 Å². The van der Waals surface area contributed by atoms with E-state index in [2.05, 4.69) is 10.3 Å². The number of carbonyl (C=O) groups excluding carboxylic acids is 1. The van der Waals surface area contributed by atoms with Crippen molar-refractivity contribution in [2.75, 3.05) is 13.2 Å². The smallest absolute Gasteiger partial charge is 0.317 e. The molecule has 22 heavy (non-hydrogen) atoms. The van der Waals surface area contributed by atoms with Gasteiger partial charge in [-0.15, -0.1) is 0 Å². The molecule has 0 unspecified atom stereocenters. The minimum absolute atomic E-state index is 0.0333. The number of hydrogen-bond donors (Lipinski definition) is 2.